The molecule has 6 nitrogen and oxygen atoms in total. The van der Waals surface area contributed by atoms with Crippen LogP contribution in [0.3, 0.4) is 0 Å². The maximum absolute atomic E-state index is 14.2. The lowest BCUT2D eigenvalue weighted by atomic mass is 9.92. The number of carbonyl (C=O) groups is 1. The number of pyridine rings is 1. The van der Waals surface area contributed by atoms with E-state index >= 15 is 0 Å². The summed E-state index contributed by atoms with van der Waals surface area (Å²) in [5.74, 6) is -0.700. The molecular formula is C19H22FN3O3. The molecule has 138 valence electrons. The van der Waals surface area contributed by atoms with Crippen molar-refractivity contribution in [2.24, 2.45) is 11.7 Å². The highest BCUT2D eigenvalue weighted by Crippen LogP contribution is 2.23. The smallest absolute Gasteiger partial charge is 0.241 e. The van der Waals surface area contributed by atoms with Crippen molar-refractivity contribution >= 4 is 11.6 Å². The van der Waals surface area contributed by atoms with Gasteiger partial charge in [-0.3, -0.25) is 9.78 Å². The standard InChI is InChI=1S/C19H22FN3O3/c20-16-11-14(23-19(24)18(21)13-6-9-25-10-7-13)4-5-17(16)26-12-15-3-1-2-8-22-15/h1-5,8,11,13,18H,6-7,9-10,12,21H2,(H,23,24). The number of aromatic nitrogens is 1. The fraction of sp³-hybridized carbons (Fsp3) is 0.368. The molecule has 0 saturated carbocycles. The molecule has 1 aliphatic rings. The zero-order chi connectivity index (χ0) is 18.4. The van der Waals surface area contributed by atoms with Gasteiger partial charge in [0, 0.05) is 31.2 Å². The van der Waals surface area contributed by atoms with Crippen molar-refractivity contribution in [1.29, 1.82) is 0 Å². The Kier molecular flexibility index (Phi) is 6.14. The van der Waals surface area contributed by atoms with Crippen LogP contribution in [0.4, 0.5) is 10.1 Å². The Hall–Kier alpha value is -2.51. The molecule has 2 aromatic rings. The topological polar surface area (TPSA) is 86.5 Å². The number of anilines is 1. The van der Waals surface area contributed by atoms with Gasteiger partial charge in [-0.15, -0.1) is 0 Å². The van der Waals surface area contributed by atoms with Crippen molar-refractivity contribution in [3.8, 4) is 5.75 Å². The summed E-state index contributed by atoms with van der Waals surface area (Å²) in [6.45, 7) is 1.39. The van der Waals surface area contributed by atoms with E-state index in [2.05, 4.69) is 10.3 Å². The first-order valence-corrected chi connectivity index (χ1v) is 8.60. The minimum atomic E-state index is -0.637. The molecule has 1 aromatic carbocycles. The first kappa shape index (κ1) is 18.3. The number of hydrogen-bond donors (Lipinski definition) is 2. The minimum Gasteiger partial charge on any atom is -0.484 e. The number of nitrogens with two attached hydrogens (primary N) is 1. The molecule has 1 amide bonds. The normalized spacial score (nSPS) is 16.1. The second-order valence-electron chi connectivity index (χ2n) is 6.22. The second-order valence-corrected chi connectivity index (χ2v) is 6.22. The monoisotopic (exact) mass is 359 g/mol. The van der Waals surface area contributed by atoms with Gasteiger partial charge in [0.15, 0.2) is 11.6 Å². The summed E-state index contributed by atoms with van der Waals surface area (Å²) in [7, 11) is 0. The highest BCUT2D eigenvalue weighted by atomic mass is 19.1. The van der Waals surface area contributed by atoms with E-state index in [-0.39, 0.29) is 24.2 Å². The van der Waals surface area contributed by atoms with Gasteiger partial charge in [0.05, 0.1) is 11.7 Å². The Balaban J connectivity index is 1.57. The maximum atomic E-state index is 14.2. The number of nitrogens with zero attached hydrogens (tertiary/aromatic N) is 1. The molecule has 1 fully saturated rings. The molecular weight excluding hydrogens is 337 g/mol. The second kappa shape index (κ2) is 8.73. The van der Waals surface area contributed by atoms with Gasteiger partial charge in [-0.2, -0.15) is 0 Å². The lowest BCUT2D eigenvalue weighted by molar-refractivity contribution is -0.119. The van der Waals surface area contributed by atoms with Crippen LogP contribution in [0.25, 0.3) is 0 Å². The van der Waals surface area contributed by atoms with Crippen LogP contribution in [0, 0.1) is 11.7 Å². The SMILES string of the molecule is NC(C(=O)Nc1ccc(OCc2ccccn2)c(F)c1)C1CCOCC1. The largest absolute Gasteiger partial charge is 0.484 e. The van der Waals surface area contributed by atoms with Crippen molar-refractivity contribution in [3.63, 3.8) is 0 Å². The van der Waals surface area contributed by atoms with Crippen LogP contribution in [0.5, 0.6) is 5.75 Å². The minimum absolute atomic E-state index is 0.0783. The number of hydrogen-bond acceptors (Lipinski definition) is 5. The molecule has 3 N–H and O–H groups in total. The molecule has 1 aromatic heterocycles. The van der Waals surface area contributed by atoms with E-state index in [0.29, 0.717) is 24.6 Å². The first-order valence-electron chi connectivity index (χ1n) is 8.60. The Morgan fingerprint density at radius 3 is 2.85 bits per heavy atom. The number of carbonyl (C=O) groups excluding carboxylic acids is 1. The number of amides is 1. The first-order chi connectivity index (χ1) is 12.6. The summed E-state index contributed by atoms with van der Waals surface area (Å²) < 4.78 is 24.9. The van der Waals surface area contributed by atoms with Crippen LogP contribution in [0.1, 0.15) is 18.5 Å². The van der Waals surface area contributed by atoms with Crippen molar-refractivity contribution in [2.75, 3.05) is 18.5 Å². The van der Waals surface area contributed by atoms with Crippen molar-refractivity contribution < 1.29 is 18.7 Å². The summed E-state index contributed by atoms with van der Waals surface area (Å²) >= 11 is 0. The fourth-order valence-corrected chi connectivity index (χ4v) is 2.85. The molecule has 2 heterocycles. The Morgan fingerprint density at radius 1 is 1.35 bits per heavy atom. The molecule has 26 heavy (non-hydrogen) atoms. The summed E-state index contributed by atoms with van der Waals surface area (Å²) in [5, 5.41) is 2.67. The average Bonchev–Trinajstić information content (AvgIpc) is 2.68. The lowest BCUT2D eigenvalue weighted by Gasteiger charge is -2.26. The van der Waals surface area contributed by atoms with Gasteiger partial charge in [0.2, 0.25) is 5.91 Å². The van der Waals surface area contributed by atoms with Crippen LogP contribution in [-0.4, -0.2) is 30.1 Å². The van der Waals surface area contributed by atoms with E-state index in [1.807, 2.05) is 6.07 Å². The van der Waals surface area contributed by atoms with Crippen LogP contribution in [-0.2, 0) is 16.1 Å². The van der Waals surface area contributed by atoms with E-state index in [9.17, 15) is 9.18 Å². The zero-order valence-corrected chi connectivity index (χ0v) is 14.4. The van der Waals surface area contributed by atoms with E-state index in [4.69, 9.17) is 15.2 Å². The van der Waals surface area contributed by atoms with Gasteiger partial charge in [0.1, 0.15) is 6.61 Å². The van der Waals surface area contributed by atoms with Gasteiger partial charge in [-0.25, -0.2) is 4.39 Å². The molecule has 3 rings (SSSR count). The van der Waals surface area contributed by atoms with Crippen LogP contribution < -0.4 is 15.8 Å². The Morgan fingerprint density at radius 2 is 2.15 bits per heavy atom. The van der Waals surface area contributed by atoms with Gasteiger partial charge in [-0.05, 0) is 43.0 Å². The van der Waals surface area contributed by atoms with Gasteiger partial charge in [0.25, 0.3) is 0 Å². The number of nitrogens with one attached hydrogen (secondary N) is 1. The number of rotatable bonds is 6. The molecule has 0 bridgehead atoms. The predicted octanol–water partition coefficient (Wildman–Crippen LogP) is 2.49. The molecule has 7 heteroatoms. The third kappa shape index (κ3) is 4.77. The average molecular weight is 359 g/mol. The number of halogens is 1. The van der Waals surface area contributed by atoms with Gasteiger partial charge in [-0.1, -0.05) is 6.07 Å². The molecule has 1 unspecified atom stereocenters. The Bertz CT molecular complexity index is 736. The van der Waals surface area contributed by atoms with E-state index < -0.39 is 11.9 Å². The molecule has 0 aliphatic carbocycles. The predicted molar refractivity (Wildman–Crippen MR) is 95.1 cm³/mol. The molecule has 1 saturated heterocycles. The van der Waals surface area contributed by atoms with E-state index in [0.717, 1.165) is 12.8 Å². The number of benzene rings is 1. The van der Waals surface area contributed by atoms with Crippen molar-refractivity contribution in [3.05, 3.63) is 54.1 Å². The van der Waals surface area contributed by atoms with Gasteiger partial charge >= 0.3 is 0 Å². The Labute approximate surface area is 151 Å². The van der Waals surface area contributed by atoms with Crippen molar-refractivity contribution in [1.82, 2.24) is 4.98 Å². The molecule has 1 atom stereocenters. The molecule has 1 aliphatic heterocycles. The summed E-state index contributed by atoms with van der Waals surface area (Å²) in [4.78, 5) is 16.4. The summed E-state index contributed by atoms with van der Waals surface area (Å²) in [5.41, 5.74) is 7.07. The highest BCUT2D eigenvalue weighted by molar-refractivity contribution is 5.94. The van der Waals surface area contributed by atoms with Crippen molar-refractivity contribution in [2.45, 2.75) is 25.5 Å². The third-order valence-corrected chi connectivity index (χ3v) is 4.38. The number of ether oxygens (including phenoxy) is 2. The lowest BCUT2D eigenvalue weighted by Crippen LogP contribution is -2.44. The van der Waals surface area contributed by atoms with Crippen LogP contribution >= 0.6 is 0 Å². The van der Waals surface area contributed by atoms with Crippen LogP contribution in [0.2, 0.25) is 0 Å². The fourth-order valence-electron chi connectivity index (χ4n) is 2.85. The summed E-state index contributed by atoms with van der Waals surface area (Å²) in [6, 6.07) is 9.09. The molecule has 0 spiro atoms. The summed E-state index contributed by atoms with van der Waals surface area (Å²) in [6.07, 6.45) is 3.15. The maximum Gasteiger partial charge on any atom is 0.241 e. The van der Waals surface area contributed by atoms with Gasteiger partial charge < -0.3 is 20.5 Å². The zero-order valence-electron chi connectivity index (χ0n) is 14.4. The quantitative estimate of drug-likeness (QED) is 0.828. The van der Waals surface area contributed by atoms with Crippen LogP contribution in [0.15, 0.2) is 42.6 Å². The highest BCUT2D eigenvalue weighted by Gasteiger charge is 2.26. The third-order valence-electron chi connectivity index (χ3n) is 4.38. The van der Waals surface area contributed by atoms with E-state index in [1.54, 1.807) is 24.4 Å². The molecule has 0 radical (unpaired) electrons. The van der Waals surface area contributed by atoms with E-state index in [1.165, 1.54) is 12.1 Å².